The molecular weight excluding hydrogens is 436 g/mol. The van der Waals surface area contributed by atoms with Crippen LogP contribution in [0.25, 0.3) is 21.9 Å². The quantitative estimate of drug-likeness (QED) is 0.289. The number of benzene rings is 3. The molecule has 0 aliphatic heterocycles. The van der Waals surface area contributed by atoms with Gasteiger partial charge in [0.15, 0.2) is 0 Å². The zero-order valence-electron chi connectivity index (χ0n) is 20.5. The second kappa shape index (κ2) is 9.07. The lowest BCUT2D eigenvalue weighted by molar-refractivity contribution is -0.0296. The molecule has 4 nitrogen and oxygen atoms in total. The number of fused-ring (bicyclic) bond motifs is 1. The van der Waals surface area contributed by atoms with Crippen LogP contribution >= 0.6 is 0 Å². The van der Waals surface area contributed by atoms with Crippen LogP contribution < -0.4 is 0 Å². The molecule has 4 aliphatic rings. The number of ether oxygens (including phenoxy) is 2. The third-order valence-electron chi connectivity index (χ3n) is 8.85. The van der Waals surface area contributed by atoms with Crippen LogP contribution in [0.3, 0.4) is 0 Å². The van der Waals surface area contributed by atoms with Gasteiger partial charge in [-0.05, 0) is 119 Å². The summed E-state index contributed by atoms with van der Waals surface area (Å²) in [5, 5.41) is 11.8. The number of aromatic carboxylic acids is 1. The molecular formula is C31H34O4. The summed E-state index contributed by atoms with van der Waals surface area (Å²) in [4.78, 5) is 11.3. The zero-order chi connectivity index (χ0) is 24.0. The van der Waals surface area contributed by atoms with Crippen LogP contribution in [0, 0.1) is 17.8 Å². The summed E-state index contributed by atoms with van der Waals surface area (Å²) in [6, 6.07) is 18.7. The Balaban J connectivity index is 1.40. The van der Waals surface area contributed by atoms with E-state index in [4.69, 9.17) is 9.47 Å². The van der Waals surface area contributed by atoms with Gasteiger partial charge in [-0.15, -0.1) is 0 Å². The average Bonchev–Trinajstić information content (AvgIpc) is 2.85. The maximum Gasteiger partial charge on any atom is 0.335 e. The Bertz CT molecular complexity index is 1210. The normalized spacial score (nSPS) is 26.9. The molecule has 182 valence electrons. The number of hydrogen-bond acceptors (Lipinski definition) is 3. The van der Waals surface area contributed by atoms with Gasteiger partial charge in [0, 0.05) is 7.11 Å². The van der Waals surface area contributed by atoms with Gasteiger partial charge in [-0.3, -0.25) is 0 Å². The molecule has 3 aromatic carbocycles. The average molecular weight is 471 g/mol. The van der Waals surface area contributed by atoms with Gasteiger partial charge in [-0.25, -0.2) is 4.79 Å². The lowest BCUT2D eigenvalue weighted by Crippen LogP contribution is -2.49. The first-order valence-electron chi connectivity index (χ1n) is 13.0. The molecule has 0 spiro atoms. The van der Waals surface area contributed by atoms with Gasteiger partial charge in [-0.2, -0.15) is 0 Å². The number of methoxy groups -OCH3 is 1. The van der Waals surface area contributed by atoms with Crippen LogP contribution in [0.2, 0.25) is 0 Å². The summed E-state index contributed by atoms with van der Waals surface area (Å²) in [6.07, 6.45) is 9.25. The van der Waals surface area contributed by atoms with Crippen molar-refractivity contribution in [1.29, 1.82) is 0 Å². The van der Waals surface area contributed by atoms with Crippen molar-refractivity contribution in [3.8, 4) is 11.1 Å². The van der Waals surface area contributed by atoms with Gasteiger partial charge in [-0.1, -0.05) is 36.4 Å². The van der Waals surface area contributed by atoms with Crippen molar-refractivity contribution in [3.05, 3.63) is 71.3 Å². The van der Waals surface area contributed by atoms with Crippen LogP contribution in [0.1, 0.15) is 60.0 Å². The van der Waals surface area contributed by atoms with E-state index in [1.807, 2.05) is 12.1 Å². The second-order valence-corrected chi connectivity index (χ2v) is 11.2. The minimum absolute atomic E-state index is 0.318. The standard InChI is InChI=1S/C31H34O4/c1-34-19-35-9-8-27-13-26-7-6-25(23-2-4-24(5-3-23)30(32)33)14-28(26)15-29(27)31-16-20-10-21(17-31)12-22(11-20)18-31/h2-7,13-15,20-22H,8-12,16-19H2,1H3,(H,32,33). The topological polar surface area (TPSA) is 55.8 Å². The molecule has 0 amide bonds. The lowest BCUT2D eigenvalue weighted by atomic mass is 9.47. The van der Waals surface area contributed by atoms with Crippen LogP contribution in [0.4, 0.5) is 0 Å². The van der Waals surface area contributed by atoms with Gasteiger partial charge >= 0.3 is 5.97 Å². The van der Waals surface area contributed by atoms with Gasteiger partial charge in [0.2, 0.25) is 0 Å². The third-order valence-corrected chi connectivity index (χ3v) is 8.85. The van der Waals surface area contributed by atoms with Crippen LogP contribution in [0.5, 0.6) is 0 Å². The fourth-order valence-electron chi connectivity index (χ4n) is 7.80. The maximum atomic E-state index is 11.3. The molecule has 3 aromatic rings. The summed E-state index contributed by atoms with van der Waals surface area (Å²) in [7, 11) is 1.67. The molecule has 0 atom stereocenters. The fraction of sp³-hybridized carbons (Fsp3) is 0.452. The Morgan fingerprint density at radius 1 is 0.886 bits per heavy atom. The van der Waals surface area contributed by atoms with E-state index in [1.165, 1.54) is 54.9 Å². The highest BCUT2D eigenvalue weighted by Crippen LogP contribution is 2.61. The molecule has 4 heteroatoms. The number of carbonyl (C=O) groups is 1. The van der Waals surface area contributed by atoms with Gasteiger partial charge in [0.1, 0.15) is 6.79 Å². The molecule has 0 radical (unpaired) electrons. The van der Waals surface area contributed by atoms with Crippen molar-refractivity contribution in [2.75, 3.05) is 20.5 Å². The van der Waals surface area contributed by atoms with E-state index in [2.05, 4.69) is 30.3 Å². The minimum atomic E-state index is -0.891. The molecule has 4 aliphatic carbocycles. The van der Waals surface area contributed by atoms with Crippen molar-refractivity contribution in [1.82, 2.24) is 0 Å². The Hall–Kier alpha value is -2.69. The smallest absolute Gasteiger partial charge is 0.335 e. The van der Waals surface area contributed by atoms with E-state index in [0.717, 1.165) is 35.3 Å². The lowest BCUT2D eigenvalue weighted by Gasteiger charge is -2.57. The predicted octanol–water partition coefficient (Wildman–Crippen LogP) is 6.84. The molecule has 7 rings (SSSR count). The summed E-state index contributed by atoms with van der Waals surface area (Å²) in [5.74, 6) is 1.80. The second-order valence-electron chi connectivity index (χ2n) is 11.2. The Morgan fingerprint density at radius 2 is 1.54 bits per heavy atom. The maximum absolute atomic E-state index is 11.3. The van der Waals surface area contributed by atoms with E-state index >= 15 is 0 Å². The molecule has 0 heterocycles. The van der Waals surface area contributed by atoms with Crippen molar-refractivity contribution < 1.29 is 19.4 Å². The molecule has 4 bridgehead atoms. The molecule has 0 aromatic heterocycles. The van der Waals surface area contributed by atoms with Crippen LogP contribution in [-0.2, 0) is 21.3 Å². The summed E-state index contributed by atoms with van der Waals surface area (Å²) < 4.78 is 10.8. The first-order valence-corrected chi connectivity index (χ1v) is 13.0. The molecule has 1 N–H and O–H groups in total. The highest BCUT2D eigenvalue weighted by Gasteiger charge is 2.52. The molecule has 4 saturated carbocycles. The van der Waals surface area contributed by atoms with Gasteiger partial charge in [0.25, 0.3) is 0 Å². The zero-order valence-corrected chi connectivity index (χ0v) is 20.5. The van der Waals surface area contributed by atoms with Crippen LogP contribution in [0.15, 0.2) is 54.6 Å². The van der Waals surface area contributed by atoms with Gasteiger partial charge in [0.05, 0.1) is 12.2 Å². The van der Waals surface area contributed by atoms with Gasteiger partial charge < -0.3 is 14.6 Å². The Labute approximate surface area is 207 Å². The van der Waals surface area contributed by atoms with E-state index in [1.54, 1.807) is 24.8 Å². The fourth-order valence-corrected chi connectivity index (χ4v) is 7.80. The summed E-state index contributed by atoms with van der Waals surface area (Å²) in [6.45, 7) is 1.01. The Morgan fingerprint density at radius 3 is 2.17 bits per heavy atom. The van der Waals surface area contributed by atoms with Crippen molar-refractivity contribution in [2.45, 2.75) is 50.4 Å². The minimum Gasteiger partial charge on any atom is -0.478 e. The molecule has 0 unspecified atom stereocenters. The number of hydrogen-bond donors (Lipinski definition) is 1. The SMILES string of the molecule is COCOCCc1cc2ccc(-c3ccc(C(=O)O)cc3)cc2cc1C12CC3CC(CC(C3)C1)C2. The number of rotatable bonds is 8. The summed E-state index contributed by atoms with van der Waals surface area (Å²) >= 11 is 0. The molecule has 0 saturated heterocycles. The van der Waals surface area contributed by atoms with E-state index in [-0.39, 0.29) is 0 Å². The highest BCUT2D eigenvalue weighted by atomic mass is 16.7. The monoisotopic (exact) mass is 470 g/mol. The van der Waals surface area contributed by atoms with Crippen molar-refractivity contribution >= 4 is 16.7 Å². The number of carboxylic acid groups (broad SMARTS) is 1. The van der Waals surface area contributed by atoms with Crippen molar-refractivity contribution in [2.24, 2.45) is 17.8 Å². The van der Waals surface area contributed by atoms with E-state index in [9.17, 15) is 9.90 Å². The highest BCUT2D eigenvalue weighted by molar-refractivity contribution is 5.90. The predicted molar refractivity (Wildman–Crippen MR) is 138 cm³/mol. The third kappa shape index (κ3) is 4.28. The molecule has 4 fully saturated rings. The van der Waals surface area contributed by atoms with E-state index in [0.29, 0.717) is 24.4 Å². The summed E-state index contributed by atoms with van der Waals surface area (Å²) in [5.41, 5.74) is 5.81. The number of carboxylic acids is 1. The first-order chi connectivity index (χ1) is 17.0. The van der Waals surface area contributed by atoms with Crippen LogP contribution in [-0.4, -0.2) is 31.6 Å². The van der Waals surface area contributed by atoms with E-state index < -0.39 is 5.97 Å². The van der Waals surface area contributed by atoms with Crippen molar-refractivity contribution in [3.63, 3.8) is 0 Å². The Kier molecular flexibility index (Phi) is 5.90. The largest absolute Gasteiger partial charge is 0.478 e. The first kappa shape index (κ1) is 22.8. The molecule has 35 heavy (non-hydrogen) atoms.